The van der Waals surface area contributed by atoms with Gasteiger partial charge in [0, 0.05) is 11.4 Å². The van der Waals surface area contributed by atoms with Gasteiger partial charge < -0.3 is 10.1 Å². The van der Waals surface area contributed by atoms with Gasteiger partial charge >= 0.3 is 6.18 Å². The van der Waals surface area contributed by atoms with Gasteiger partial charge in [-0.1, -0.05) is 23.8 Å². The molecule has 3 rings (SSSR count). The van der Waals surface area contributed by atoms with Crippen molar-refractivity contribution < 1.29 is 31.1 Å². The molecule has 0 spiro atoms. The van der Waals surface area contributed by atoms with E-state index in [1.54, 1.807) is 31.2 Å². The molecule has 174 valence electrons. The molecular formula is C23H21F3N2O4S. The van der Waals surface area contributed by atoms with Crippen LogP contribution in [0.2, 0.25) is 0 Å². The van der Waals surface area contributed by atoms with Crippen molar-refractivity contribution in [3.8, 4) is 5.75 Å². The van der Waals surface area contributed by atoms with E-state index >= 15 is 0 Å². The first-order valence-corrected chi connectivity index (χ1v) is 11.2. The van der Waals surface area contributed by atoms with Crippen molar-refractivity contribution in [1.82, 2.24) is 0 Å². The molecule has 0 unspecified atom stereocenters. The van der Waals surface area contributed by atoms with E-state index in [0.29, 0.717) is 11.3 Å². The number of rotatable bonds is 7. The van der Waals surface area contributed by atoms with Crippen LogP contribution < -0.4 is 14.8 Å². The highest BCUT2D eigenvalue weighted by Gasteiger charge is 2.30. The Kier molecular flexibility index (Phi) is 6.97. The summed E-state index contributed by atoms with van der Waals surface area (Å²) in [6, 6.07) is 15.3. The number of amides is 1. The third-order valence-corrected chi connectivity index (χ3v) is 5.97. The maximum absolute atomic E-state index is 12.8. The summed E-state index contributed by atoms with van der Waals surface area (Å²) < 4.78 is 71.5. The van der Waals surface area contributed by atoms with E-state index in [1.165, 1.54) is 30.3 Å². The molecule has 0 radical (unpaired) electrons. The van der Waals surface area contributed by atoms with Crippen LogP contribution in [0.3, 0.4) is 0 Å². The van der Waals surface area contributed by atoms with Gasteiger partial charge in [-0.3, -0.25) is 9.52 Å². The Bertz CT molecular complexity index is 1260. The summed E-state index contributed by atoms with van der Waals surface area (Å²) >= 11 is 0. The molecule has 0 aromatic heterocycles. The van der Waals surface area contributed by atoms with Crippen molar-refractivity contribution in [2.75, 3.05) is 16.6 Å². The number of hydrogen-bond donors (Lipinski definition) is 2. The molecule has 0 aliphatic carbocycles. The molecular weight excluding hydrogens is 457 g/mol. The highest BCUT2D eigenvalue weighted by Crippen LogP contribution is 2.30. The second kappa shape index (κ2) is 9.53. The molecule has 0 bridgehead atoms. The van der Waals surface area contributed by atoms with Gasteiger partial charge in [-0.15, -0.1) is 0 Å². The first-order chi connectivity index (χ1) is 15.4. The molecule has 3 aromatic carbocycles. The summed E-state index contributed by atoms with van der Waals surface area (Å²) in [5.74, 6) is -0.394. The monoisotopic (exact) mass is 478 g/mol. The van der Waals surface area contributed by atoms with Crippen LogP contribution in [0.5, 0.6) is 5.75 Å². The molecule has 0 aliphatic heterocycles. The van der Waals surface area contributed by atoms with Crippen LogP contribution in [-0.4, -0.2) is 20.9 Å². The summed E-state index contributed by atoms with van der Waals surface area (Å²) in [5, 5.41) is 2.34. The predicted octanol–water partition coefficient (Wildman–Crippen LogP) is 5.14. The Morgan fingerprint density at radius 3 is 2.27 bits per heavy atom. The van der Waals surface area contributed by atoms with Crippen LogP contribution >= 0.6 is 0 Å². The molecule has 3 aromatic rings. The van der Waals surface area contributed by atoms with Crippen LogP contribution in [-0.2, 0) is 21.0 Å². The van der Waals surface area contributed by atoms with Gasteiger partial charge in [-0.05, 0) is 67.9 Å². The molecule has 0 saturated carbocycles. The van der Waals surface area contributed by atoms with Crippen molar-refractivity contribution >= 4 is 27.3 Å². The Morgan fingerprint density at radius 1 is 0.939 bits per heavy atom. The number of benzene rings is 3. The molecule has 0 fully saturated rings. The van der Waals surface area contributed by atoms with E-state index in [0.717, 1.165) is 17.7 Å². The lowest BCUT2D eigenvalue weighted by atomic mass is 10.2. The molecule has 0 saturated heterocycles. The molecule has 10 heteroatoms. The number of alkyl halides is 3. The maximum Gasteiger partial charge on any atom is 0.416 e. The number of carbonyl (C=O) groups excluding carboxylic acids is 1. The van der Waals surface area contributed by atoms with Crippen molar-refractivity contribution in [3.05, 3.63) is 83.4 Å². The van der Waals surface area contributed by atoms with Crippen LogP contribution in [0.15, 0.2) is 71.6 Å². The number of anilines is 2. The SMILES string of the molecule is Cc1ccc(NS(=O)(=O)c2ccc(OCC(=O)Nc3cccc(C(F)(F)F)c3)c(C)c2)cc1. The highest BCUT2D eigenvalue weighted by atomic mass is 32.2. The zero-order valence-electron chi connectivity index (χ0n) is 17.7. The molecule has 0 atom stereocenters. The highest BCUT2D eigenvalue weighted by molar-refractivity contribution is 7.92. The number of sulfonamides is 1. The minimum Gasteiger partial charge on any atom is -0.483 e. The number of halogens is 3. The van der Waals surface area contributed by atoms with E-state index in [4.69, 9.17) is 4.74 Å². The Hall–Kier alpha value is -3.53. The molecule has 6 nitrogen and oxygen atoms in total. The Labute approximate surface area is 189 Å². The zero-order valence-corrected chi connectivity index (χ0v) is 18.5. The van der Waals surface area contributed by atoms with E-state index in [9.17, 15) is 26.4 Å². The number of hydrogen-bond acceptors (Lipinski definition) is 4. The lowest BCUT2D eigenvalue weighted by Crippen LogP contribution is -2.21. The van der Waals surface area contributed by atoms with E-state index in [2.05, 4.69) is 10.0 Å². The summed E-state index contributed by atoms with van der Waals surface area (Å²) in [6.45, 7) is 3.04. The van der Waals surface area contributed by atoms with Crippen LogP contribution in [0, 0.1) is 13.8 Å². The van der Waals surface area contributed by atoms with E-state index in [1.807, 2.05) is 6.92 Å². The van der Waals surface area contributed by atoms with Crippen LogP contribution in [0.1, 0.15) is 16.7 Å². The van der Waals surface area contributed by atoms with Crippen LogP contribution in [0.25, 0.3) is 0 Å². The molecule has 0 aliphatic rings. The van der Waals surface area contributed by atoms with Crippen molar-refractivity contribution in [1.29, 1.82) is 0 Å². The smallest absolute Gasteiger partial charge is 0.416 e. The summed E-state index contributed by atoms with van der Waals surface area (Å²) in [5.41, 5.74) is 0.984. The molecule has 1 amide bonds. The lowest BCUT2D eigenvalue weighted by Gasteiger charge is -2.13. The standard InChI is InChI=1S/C23H21F3N2O4S/c1-15-6-8-18(9-7-15)28-33(30,31)20-10-11-21(16(2)12-20)32-14-22(29)27-19-5-3-4-17(13-19)23(24,25)26/h3-13,28H,14H2,1-2H3,(H,27,29). The van der Waals surface area contributed by atoms with Crippen LogP contribution in [0.4, 0.5) is 24.5 Å². The Balaban J connectivity index is 1.63. The van der Waals surface area contributed by atoms with Gasteiger partial charge in [0.05, 0.1) is 10.5 Å². The first kappa shape index (κ1) is 24.1. The number of carbonyl (C=O) groups is 1. The van der Waals surface area contributed by atoms with E-state index in [-0.39, 0.29) is 16.3 Å². The van der Waals surface area contributed by atoms with Gasteiger partial charge in [0.15, 0.2) is 6.61 Å². The van der Waals surface area contributed by atoms with Crippen molar-refractivity contribution in [2.24, 2.45) is 0 Å². The fourth-order valence-electron chi connectivity index (χ4n) is 2.90. The van der Waals surface area contributed by atoms with Gasteiger partial charge in [-0.25, -0.2) is 8.42 Å². The fraction of sp³-hybridized carbons (Fsp3) is 0.174. The van der Waals surface area contributed by atoms with E-state index < -0.39 is 34.3 Å². The van der Waals surface area contributed by atoms with Gasteiger partial charge in [0.2, 0.25) is 0 Å². The third-order valence-electron chi connectivity index (χ3n) is 4.59. The summed E-state index contributed by atoms with van der Waals surface area (Å²) in [4.78, 5) is 12.1. The van der Waals surface area contributed by atoms with Gasteiger partial charge in [-0.2, -0.15) is 13.2 Å². The van der Waals surface area contributed by atoms with Crippen molar-refractivity contribution in [2.45, 2.75) is 24.9 Å². The second-order valence-electron chi connectivity index (χ2n) is 7.31. The summed E-state index contributed by atoms with van der Waals surface area (Å²) in [6.07, 6.45) is -4.52. The number of ether oxygens (including phenoxy) is 1. The van der Waals surface area contributed by atoms with Gasteiger partial charge in [0.1, 0.15) is 5.75 Å². The first-order valence-electron chi connectivity index (χ1n) is 9.74. The second-order valence-corrected chi connectivity index (χ2v) is 9.00. The molecule has 33 heavy (non-hydrogen) atoms. The fourth-order valence-corrected chi connectivity index (χ4v) is 4.04. The maximum atomic E-state index is 12.8. The molecule has 0 heterocycles. The quantitative estimate of drug-likeness (QED) is 0.493. The average molecular weight is 478 g/mol. The molecule has 2 N–H and O–H groups in total. The van der Waals surface area contributed by atoms with Crippen molar-refractivity contribution in [3.63, 3.8) is 0 Å². The largest absolute Gasteiger partial charge is 0.483 e. The average Bonchev–Trinajstić information content (AvgIpc) is 2.74. The minimum absolute atomic E-state index is 0.0150. The Morgan fingerprint density at radius 2 is 1.64 bits per heavy atom. The lowest BCUT2D eigenvalue weighted by molar-refractivity contribution is -0.137. The minimum atomic E-state index is -4.52. The summed E-state index contributed by atoms with van der Waals surface area (Å²) in [7, 11) is -3.83. The predicted molar refractivity (Wildman–Crippen MR) is 119 cm³/mol. The third kappa shape index (κ3) is 6.48. The normalized spacial score (nSPS) is 11.7. The van der Waals surface area contributed by atoms with Gasteiger partial charge in [0.25, 0.3) is 15.9 Å². The zero-order chi connectivity index (χ0) is 24.2. The number of aryl methyl sites for hydroxylation is 2. The number of nitrogens with one attached hydrogen (secondary N) is 2. The topological polar surface area (TPSA) is 84.5 Å².